The molecule has 2 bridgehead atoms. The molecule has 0 heterocycles. The summed E-state index contributed by atoms with van der Waals surface area (Å²) in [5.41, 5.74) is 0.553. The molecule has 1 atom stereocenters. The summed E-state index contributed by atoms with van der Waals surface area (Å²) in [6.07, 6.45) is 10.7. The Labute approximate surface area is 89.5 Å². The van der Waals surface area contributed by atoms with Crippen molar-refractivity contribution in [3.05, 3.63) is 0 Å². The van der Waals surface area contributed by atoms with Crippen molar-refractivity contribution in [1.29, 1.82) is 0 Å². The van der Waals surface area contributed by atoms with Crippen LogP contribution < -0.4 is 0 Å². The van der Waals surface area contributed by atoms with E-state index >= 15 is 0 Å². The minimum atomic E-state index is 0.553. The highest BCUT2D eigenvalue weighted by Crippen LogP contribution is 2.44. The Morgan fingerprint density at radius 2 is 1.21 bits per heavy atom. The Hall–Kier alpha value is 0. The van der Waals surface area contributed by atoms with E-state index in [1.165, 1.54) is 32.1 Å². The van der Waals surface area contributed by atoms with E-state index in [9.17, 15) is 0 Å². The second-order valence-corrected chi connectivity index (χ2v) is 6.76. The summed E-state index contributed by atoms with van der Waals surface area (Å²) < 4.78 is 0. The van der Waals surface area contributed by atoms with Gasteiger partial charge in [-0.2, -0.15) is 0 Å². The number of rotatable bonds is 0. The molecule has 0 amide bonds. The predicted molar refractivity (Wildman–Crippen MR) is 62.2 cm³/mol. The molecule has 0 aliphatic heterocycles. The third-order valence-electron chi connectivity index (χ3n) is 4.73. The van der Waals surface area contributed by atoms with Crippen molar-refractivity contribution >= 4 is 0 Å². The summed E-state index contributed by atoms with van der Waals surface area (Å²) in [6, 6.07) is 0. The lowest BCUT2D eigenvalue weighted by molar-refractivity contribution is 0.110. The molecule has 3 fully saturated rings. The summed E-state index contributed by atoms with van der Waals surface area (Å²) >= 11 is 0. The predicted octanol–water partition coefficient (Wildman–Crippen LogP) is 4.64. The van der Waals surface area contributed by atoms with Gasteiger partial charge in [0.15, 0.2) is 0 Å². The SMILES string of the molecule is CC(C)(C)C1CCC2CCC(CC2)C1. The summed E-state index contributed by atoms with van der Waals surface area (Å²) in [4.78, 5) is 0. The third-order valence-corrected chi connectivity index (χ3v) is 4.73. The monoisotopic (exact) mass is 194 g/mol. The van der Waals surface area contributed by atoms with Gasteiger partial charge < -0.3 is 0 Å². The van der Waals surface area contributed by atoms with Crippen LogP contribution in [0.25, 0.3) is 0 Å². The van der Waals surface area contributed by atoms with Crippen LogP contribution >= 0.6 is 0 Å². The molecule has 3 aliphatic carbocycles. The highest BCUT2D eigenvalue weighted by atomic mass is 14.4. The lowest BCUT2D eigenvalue weighted by Gasteiger charge is -2.40. The van der Waals surface area contributed by atoms with E-state index < -0.39 is 0 Å². The molecule has 0 saturated heterocycles. The Balaban J connectivity index is 2.01. The first-order valence-electron chi connectivity index (χ1n) is 6.55. The molecule has 0 radical (unpaired) electrons. The van der Waals surface area contributed by atoms with Gasteiger partial charge in [0.25, 0.3) is 0 Å². The quantitative estimate of drug-likeness (QED) is 0.527. The van der Waals surface area contributed by atoms with Crippen molar-refractivity contribution in [3.63, 3.8) is 0 Å². The van der Waals surface area contributed by atoms with Crippen LogP contribution in [-0.2, 0) is 0 Å². The minimum Gasteiger partial charge on any atom is -0.0599 e. The van der Waals surface area contributed by atoms with Crippen molar-refractivity contribution in [1.82, 2.24) is 0 Å². The van der Waals surface area contributed by atoms with E-state index in [-0.39, 0.29) is 0 Å². The number of hydrogen-bond acceptors (Lipinski definition) is 0. The van der Waals surface area contributed by atoms with Crippen LogP contribution in [0.4, 0.5) is 0 Å². The fraction of sp³-hybridized carbons (Fsp3) is 1.00. The second kappa shape index (κ2) is 3.87. The zero-order chi connectivity index (χ0) is 10.2. The smallest absolute Gasteiger partial charge is 0.0354 e. The topological polar surface area (TPSA) is 0 Å². The highest BCUT2D eigenvalue weighted by molar-refractivity contribution is 4.84. The summed E-state index contributed by atoms with van der Waals surface area (Å²) in [6.45, 7) is 7.31. The molecule has 0 spiro atoms. The number of fused-ring (bicyclic) bond motifs is 5. The van der Waals surface area contributed by atoms with Gasteiger partial charge in [-0.3, -0.25) is 0 Å². The summed E-state index contributed by atoms with van der Waals surface area (Å²) in [7, 11) is 0. The van der Waals surface area contributed by atoms with E-state index in [1.807, 2.05) is 0 Å². The zero-order valence-corrected chi connectivity index (χ0v) is 10.2. The van der Waals surface area contributed by atoms with Crippen LogP contribution in [-0.4, -0.2) is 0 Å². The first-order valence-corrected chi connectivity index (χ1v) is 6.55. The minimum absolute atomic E-state index is 0.553. The van der Waals surface area contributed by atoms with Gasteiger partial charge in [0, 0.05) is 0 Å². The van der Waals surface area contributed by atoms with Gasteiger partial charge in [0.1, 0.15) is 0 Å². The Bertz CT molecular complexity index is 179. The van der Waals surface area contributed by atoms with Gasteiger partial charge >= 0.3 is 0 Å². The van der Waals surface area contributed by atoms with E-state index in [4.69, 9.17) is 0 Å². The molecule has 14 heavy (non-hydrogen) atoms. The lowest BCUT2D eigenvalue weighted by Crippen LogP contribution is -2.29. The average molecular weight is 194 g/mol. The second-order valence-electron chi connectivity index (χ2n) is 6.76. The molecule has 0 aromatic heterocycles. The molecule has 0 heteroatoms. The molecule has 0 N–H and O–H groups in total. The van der Waals surface area contributed by atoms with Gasteiger partial charge in [-0.25, -0.2) is 0 Å². The first-order chi connectivity index (χ1) is 6.55. The Morgan fingerprint density at radius 1 is 0.714 bits per heavy atom. The average Bonchev–Trinajstić information content (AvgIpc) is 2.03. The summed E-state index contributed by atoms with van der Waals surface area (Å²) in [5.74, 6) is 3.17. The van der Waals surface area contributed by atoms with Crippen LogP contribution in [0.5, 0.6) is 0 Å². The third kappa shape index (κ3) is 2.32. The molecular formula is C14H26. The molecule has 3 aliphatic rings. The summed E-state index contributed by atoms with van der Waals surface area (Å²) in [5, 5.41) is 0. The van der Waals surface area contributed by atoms with Crippen LogP contribution in [0.3, 0.4) is 0 Å². The standard InChI is InChI=1S/C14H26/c1-14(2,3)13-9-8-11-4-6-12(10-13)7-5-11/h11-13H,4-10H2,1-3H3. The van der Waals surface area contributed by atoms with E-state index in [1.54, 1.807) is 12.8 Å². The first kappa shape index (κ1) is 10.5. The lowest BCUT2D eigenvalue weighted by atomic mass is 9.65. The molecule has 0 aromatic carbocycles. The van der Waals surface area contributed by atoms with Crippen molar-refractivity contribution in [3.8, 4) is 0 Å². The molecule has 82 valence electrons. The van der Waals surface area contributed by atoms with E-state index in [2.05, 4.69) is 20.8 Å². The van der Waals surface area contributed by atoms with Gasteiger partial charge in [-0.05, 0) is 36.0 Å². The van der Waals surface area contributed by atoms with Crippen molar-refractivity contribution in [2.45, 2.75) is 65.7 Å². The van der Waals surface area contributed by atoms with Gasteiger partial charge in [0.2, 0.25) is 0 Å². The normalized spacial score (nSPS) is 39.2. The van der Waals surface area contributed by atoms with Crippen LogP contribution in [0.1, 0.15) is 65.7 Å². The molecule has 1 unspecified atom stereocenters. The Kier molecular flexibility index (Phi) is 2.91. The molecule has 0 aromatic rings. The molecule has 0 nitrogen and oxygen atoms in total. The van der Waals surface area contributed by atoms with Crippen molar-refractivity contribution in [2.75, 3.05) is 0 Å². The van der Waals surface area contributed by atoms with Crippen molar-refractivity contribution < 1.29 is 0 Å². The van der Waals surface area contributed by atoms with E-state index in [0.29, 0.717) is 5.41 Å². The maximum Gasteiger partial charge on any atom is -0.0354 e. The van der Waals surface area contributed by atoms with Crippen LogP contribution in [0, 0.1) is 23.2 Å². The molecule has 3 rings (SSSR count). The fourth-order valence-electron chi connectivity index (χ4n) is 3.50. The van der Waals surface area contributed by atoms with Gasteiger partial charge in [-0.15, -0.1) is 0 Å². The highest BCUT2D eigenvalue weighted by Gasteiger charge is 2.32. The maximum absolute atomic E-state index is 2.44. The van der Waals surface area contributed by atoms with Gasteiger partial charge in [0.05, 0.1) is 0 Å². The molecular weight excluding hydrogens is 168 g/mol. The number of hydrogen-bond donors (Lipinski definition) is 0. The van der Waals surface area contributed by atoms with Crippen LogP contribution in [0.2, 0.25) is 0 Å². The zero-order valence-electron chi connectivity index (χ0n) is 10.2. The Morgan fingerprint density at radius 3 is 1.79 bits per heavy atom. The van der Waals surface area contributed by atoms with Crippen LogP contribution in [0.15, 0.2) is 0 Å². The van der Waals surface area contributed by atoms with Gasteiger partial charge in [-0.1, -0.05) is 52.9 Å². The largest absolute Gasteiger partial charge is 0.0599 e. The van der Waals surface area contributed by atoms with E-state index in [0.717, 1.165) is 17.8 Å². The fourth-order valence-corrected chi connectivity index (χ4v) is 3.50. The molecule has 3 saturated carbocycles. The van der Waals surface area contributed by atoms with Crippen molar-refractivity contribution in [2.24, 2.45) is 23.2 Å². The maximum atomic E-state index is 2.44.